The minimum Gasteiger partial charge on any atom is -0.348 e. The Morgan fingerprint density at radius 3 is 1.93 bits per heavy atom. The Morgan fingerprint density at radius 1 is 0.800 bits per heavy atom. The van der Waals surface area contributed by atoms with Crippen LogP contribution in [-0.4, -0.2) is 0 Å². The van der Waals surface area contributed by atoms with Crippen LogP contribution in [0.15, 0.2) is 60.7 Å². The van der Waals surface area contributed by atoms with Crippen LogP contribution in [0.5, 0.6) is 0 Å². The maximum Gasteiger partial charge on any atom is 0.119 e. The topological polar surface area (TPSA) is 12.0 Å². The number of nitrogens with one attached hydrogen (secondary N) is 1. The molecule has 0 aliphatic carbocycles. The van der Waals surface area contributed by atoms with Crippen LogP contribution in [0.3, 0.4) is 0 Å². The largest absolute Gasteiger partial charge is 0.348 e. The molecule has 15 heavy (non-hydrogen) atoms. The molecule has 0 aliphatic rings. The fourth-order valence-electron chi connectivity index (χ4n) is 1.25. The molecule has 0 amide bonds. The van der Waals surface area contributed by atoms with Crippen LogP contribution in [0.4, 0.5) is 5.69 Å². The zero-order valence-corrected chi connectivity index (χ0v) is 9.75. The van der Waals surface area contributed by atoms with Crippen molar-refractivity contribution in [2.24, 2.45) is 0 Å². The predicted molar refractivity (Wildman–Crippen MR) is 68.9 cm³/mol. The van der Waals surface area contributed by atoms with Crippen molar-refractivity contribution < 1.29 is 0 Å². The minimum absolute atomic E-state index is 0.830. The summed E-state index contributed by atoms with van der Waals surface area (Å²) in [5.74, 6) is 0. The lowest BCUT2D eigenvalue weighted by Gasteiger charge is -2.12. The summed E-state index contributed by atoms with van der Waals surface area (Å²) >= 11 is 6.29. The van der Waals surface area contributed by atoms with Crippen LogP contribution in [-0.2, 0) is 0 Å². The van der Waals surface area contributed by atoms with Gasteiger partial charge >= 0.3 is 0 Å². The summed E-state index contributed by atoms with van der Waals surface area (Å²) in [6, 6.07) is 20.1. The van der Waals surface area contributed by atoms with E-state index < -0.39 is 7.43 Å². The highest BCUT2D eigenvalue weighted by Gasteiger charge is 2.06. The molecule has 0 spiro atoms. The second kappa shape index (κ2) is 5.16. The van der Waals surface area contributed by atoms with Gasteiger partial charge in [0, 0.05) is 11.0 Å². The van der Waals surface area contributed by atoms with Gasteiger partial charge in [-0.2, -0.15) is 0 Å². The number of benzene rings is 2. The molecule has 0 fully saturated rings. The lowest BCUT2D eigenvalue weighted by atomic mass is 10.3. The fourth-order valence-corrected chi connectivity index (χ4v) is 2.82. The van der Waals surface area contributed by atoms with Crippen LogP contribution >= 0.6 is 18.7 Å². The zero-order valence-electron chi connectivity index (χ0n) is 8.10. The third kappa shape index (κ3) is 2.95. The van der Waals surface area contributed by atoms with E-state index in [0.717, 1.165) is 11.0 Å². The standard InChI is InChI=1S/C12H11ClNP/c13-15(12-9-5-2-6-10-12)14-11-7-3-1-4-8-11/h1-10,14H. The van der Waals surface area contributed by atoms with Crippen LogP contribution in [0.25, 0.3) is 0 Å². The van der Waals surface area contributed by atoms with Crippen LogP contribution < -0.4 is 10.4 Å². The highest BCUT2D eigenvalue weighted by molar-refractivity contribution is 7.91. The lowest BCUT2D eigenvalue weighted by molar-refractivity contribution is 1.68. The molecule has 1 N–H and O–H groups in total. The Labute approximate surface area is 95.7 Å². The van der Waals surface area contributed by atoms with E-state index >= 15 is 0 Å². The van der Waals surface area contributed by atoms with Gasteiger partial charge in [-0.3, -0.25) is 0 Å². The van der Waals surface area contributed by atoms with Crippen LogP contribution in [0.2, 0.25) is 0 Å². The first-order valence-corrected chi connectivity index (χ1v) is 6.93. The summed E-state index contributed by atoms with van der Waals surface area (Å²) in [5, 5.41) is 4.43. The normalized spacial score (nSPS) is 12.1. The van der Waals surface area contributed by atoms with Gasteiger partial charge in [0.1, 0.15) is 7.43 Å². The molecular weight excluding hydrogens is 225 g/mol. The van der Waals surface area contributed by atoms with Gasteiger partial charge in [0.15, 0.2) is 0 Å². The van der Waals surface area contributed by atoms with E-state index in [2.05, 4.69) is 5.09 Å². The van der Waals surface area contributed by atoms with Crippen molar-refractivity contribution >= 4 is 29.7 Å². The van der Waals surface area contributed by atoms with E-state index in [1.807, 2.05) is 60.7 Å². The molecule has 0 aliphatic heterocycles. The number of hydrogen-bond acceptors (Lipinski definition) is 1. The number of para-hydroxylation sites is 1. The van der Waals surface area contributed by atoms with Gasteiger partial charge < -0.3 is 5.09 Å². The number of hydrogen-bond donors (Lipinski definition) is 1. The smallest absolute Gasteiger partial charge is 0.119 e. The summed E-state index contributed by atoms with van der Waals surface area (Å²) < 4.78 is 0. The van der Waals surface area contributed by atoms with Gasteiger partial charge in [-0.1, -0.05) is 59.8 Å². The molecule has 0 aromatic heterocycles. The summed E-state index contributed by atoms with van der Waals surface area (Å²) in [7, 11) is -0.830. The monoisotopic (exact) mass is 235 g/mol. The molecule has 1 atom stereocenters. The first-order valence-electron chi connectivity index (χ1n) is 4.69. The van der Waals surface area contributed by atoms with E-state index in [-0.39, 0.29) is 0 Å². The average Bonchev–Trinajstić information content (AvgIpc) is 2.31. The molecule has 2 aromatic rings. The first-order chi connectivity index (χ1) is 7.36. The summed E-state index contributed by atoms with van der Waals surface area (Å²) in [6.45, 7) is 0. The molecule has 3 heteroatoms. The average molecular weight is 236 g/mol. The van der Waals surface area contributed by atoms with Crippen molar-refractivity contribution in [2.75, 3.05) is 5.09 Å². The Bertz CT molecular complexity index is 404. The van der Waals surface area contributed by atoms with E-state index in [4.69, 9.17) is 11.2 Å². The molecule has 0 saturated heterocycles. The molecule has 76 valence electrons. The number of rotatable bonds is 3. The molecule has 0 heterocycles. The highest BCUT2D eigenvalue weighted by Crippen LogP contribution is 2.39. The molecule has 2 rings (SSSR count). The SMILES string of the molecule is ClP(Nc1ccccc1)c1ccccc1. The third-order valence-electron chi connectivity index (χ3n) is 1.98. The molecule has 0 bridgehead atoms. The quantitative estimate of drug-likeness (QED) is 0.794. The van der Waals surface area contributed by atoms with E-state index in [1.54, 1.807) is 0 Å². The van der Waals surface area contributed by atoms with Gasteiger partial charge in [0.25, 0.3) is 0 Å². The van der Waals surface area contributed by atoms with Crippen molar-refractivity contribution in [1.82, 2.24) is 0 Å². The second-order valence-electron chi connectivity index (χ2n) is 3.09. The van der Waals surface area contributed by atoms with Crippen molar-refractivity contribution in [2.45, 2.75) is 0 Å². The Hall–Kier alpha value is -1.04. The Balaban J connectivity index is 2.08. The first kappa shape index (κ1) is 10.5. The van der Waals surface area contributed by atoms with E-state index in [1.165, 1.54) is 0 Å². The predicted octanol–water partition coefficient (Wildman–Crippen LogP) is 3.97. The van der Waals surface area contributed by atoms with E-state index in [9.17, 15) is 0 Å². The fraction of sp³-hybridized carbons (Fsp3) is 0. The van der Waals surface area contributed by atoms with Gasteiger partial charge in [-0.15, -0.1) is 0 Å². The van der Waals surface area contributed by atoms with Gasteiger partial charge in [-0.25, -0.2) is 0 Å². The maximum absolute atomic E-state index is 6.29. The Kier molecular flexibility index (Phi) is 3.60. The highest BCUT2D eigenvalue weighted by atomic mass is 35.7. The van der Waals surface area contributed by atoms with Crippen LogP contribution in [0.1, 0.15) is 0 Å². The van der Waals surface area contributed by atoms with Gasteiger partial charge in [0.05, 0.1) is 0 Å². The lowest BCUT2D eigenvalue weighted by Crippen LogP contribution is -2.01. The zero-order chi connectivity index (χ0) is 10.5. The van der Waals surface area contributed by atoms with Crippen molar-refractivity contribution in [3.05, 3.63) is 60.7 Å². The molecular formula is C12H11ClNP. The molecule has 1 nitrogen and oxygen atoms in total. The maximum atomic E-state index is 6.29. The van der Waals surface area contributed by atoms with Crippen molar-refractivity contribution in [3.8, 4) is 0 Å². The molecule has 1 unspecified atom stereocenters. The van der Waals surface area contributed by atoms with E-state index in [0.29, 0.717) is 0 Å². The summed E-state index contributed by atoms with van der Waals surface area (Å²) in [5.41, 5.74) is 1.06. The number of anilines is 1. The van der Waals surface area contributed by atoms with Crippen LogP contribution in [0, 0.1) is 0 Å². The van der Waals surface area contributed by atoms with Crippen molar-refractivity contribution in [3.63, 3.8) is 0 Å². The molecule has 2 aromatic carbocycles. The summed E-state index contributed by atoms with van der Waals surface area (Å²) in [6.07, 6.45) is 0. The molecule has 0 saturated carbocycles. The summed E-state index contributed by atoms with van der Waals surface area (Å²) in [4.78, 5) is 0. The molecule has 0 radical (unpaired) electrons. The van der Waals surface area contributed by atoms with Gasteiger partial charge in [0.2, 0.25) is 0 Å². The minimum atomic E-state index is -0.830. The third-order valence-corrected chi connectivity index (χ3v) is 4.03. The van der Waals surface area contributed by atoms with Crippen molar-refractivity contribution in [1.29, 1.82) is 0 Å². The second-order valence-corrected chi connectivity index (χ2v) is 5.41. The number of halogens is 1. The Morgan fingerprint density at radius 2 is 1.33 bits per heavy atom. The van der Waals surface area contributed by atoms with Gasteiger partial charge in [-0.05, 0) is 12.1 Å².